The van der Waals surface area contributed by atoms with Gasteiger partial charge in [-0.2, -0.15) is 0 Å². The highest BCUT2D eigenvalue weighted by molar-refractivity contribution is 6.02. The van der Waals surface area contributed by atoms with Crippen LogP contribution in [-0.4, -0.2) is 55.7 Å². The summed E-state index contributed by atoms with van der Waals surface area (Å²) in [5.74, 6) is 2.74. The number of benzene rings is 3. The number of hydrogen-bond donors (Lipinski definition) is 0. The van der Waals surface area contributed by atoms with Crippen molar-refractivity contribution in [2.45, 2.75) is 75.0 Å². The molecule has 2 spiro atoms. The second-order valence-electron chi connectivity index (χ2n) is 14.5. The van der Waals surface area contributed by atoms with Crippen LogP contribution in [0.1, 0.15) is 66.9 Å². The second-order valence-corrected chi connectivity index (χ2v) is 14.5. The Labute approximate surface area is 254 Å². The predicted octanol–water partition coefficient (Wildman–Crippen LogP) is 6.86. The topological polar surface area (TPSA) is 48.0 Å². The van der Waals surface area contributed by atoms with E-state index in [4.69, 9.17) is 14.2 Å². The summed E-state index contributed by atoms with van der Waals surface area (Å²) in [5.41, 5.74) is 4.16. The van der Waals surface area contributed by atoms with Crippen molar-refractivity contribution in [2.24, 2.45) is 16.7 Å². The zero-order valence-electron chi connectivity index (χ0n) is 25.5. The third-order valence-electron chi connectivity index (χ3n) is 13.0. The Morgan fingerprint density at radius 3 is 2.44 bits per heavy atom. The van der Waals surface area contributed by atoms with Gasteiger partial charge in [-0.05, 0) is 87.1 Å². The highest BCUT2D eigenvalue weighted by Gasteiger charge is 2.84. The Kier molecular flexibility index (Phi) is 5.33. The van der Waals surface area contributed by atoms with E-state index in [-0.39, 0.29) is 22.7 Å². The normalized spacial score (nSPS) is 36.6. The van der Waals surface area contributed by atoms with Crippen LogP contribution in [0.25, 0.3) is 11.1 Å². The van der Waals surface area contributed by atoms with E-state index in [1.165, 1.54) is 30.5 Å². The van der Waals surface area contributed by atoms with Gasteiger partial charge in [0.25, 0.3) is 0 Å². The molecule has 5 heteroatoms. The van der Waals surface area contributed by atoms with E-state index >= 15 is 0 Å². The number of Topliss-reactive ketones (excluding diaryl/α,β-unsaturated/α-hetero) is 1. The van der Waals surface area contributed by atoms with Gasteiger partial charge >= 0.3 is 0 Å². The smallest absolute Gasteiger partial charge is 0.171 e. The van der Waals surface area contributed by atoms with Gasteiger partial charge in [0.2, 0.25) is 0 Å². The minimum atomic E-state index is -0.730. The molecule has 222 valence electrons. The molecule has 2 heterocycles. The number of nitrogens with zero attached hydrogens (tertiary/aromatic N) is 1. The van der Waals surface area contributed by atoms with Gasteiger partial charge in [0.1, 0.15) is 11.7 Å². The monoisotopic (exact) mass is 575 g/mol. The fourth-order valence-electron chi connectivity index (χ4n) is 11.0. The standard InChI is InChI=1S/C38H41NO4/c1-35(33(40)27-13-11-26(12-14-27)25-7-5-4-6-8-25)23-36-17-18-38(35,42-3)34-37(36)19-20-39(22-24-9-10-24)30(36)21-28-15-16-29(41-2)32(43-34)31(28)37/h4-8,11-16,24,30,34H,9-10,17-23H2,1-3H3/t30-,34-,35+,36-,37+,38+/m1/s1. The van der Waals surface area contributed by atoms with Crippen LogP contribution in [0.4, 0.5) is 0 Å². The van der Waals surface area contributed by atoms with E-state index in [9.17, 15) is 4.79 Å². The fraction of sp³-hybridized carbons (Fsp3) is 0.500. The van der Waals surface area contributed by atoms with Gasteiger partial charge in [-0.15, -0.1) is 0 Å². The molecule has 4 bridgehead atoms. The summed E-state index contributed by atoms with van der Waals surface area (Å²) < 4.78 is 19.8. The number of piperidine rings is 1. The Bertz CT molecular complexity index is 1630. The van der Waals surface area contributed by atoms with Crippen molar-refractivity contribution in [2.75, 3.05) is 27.3 Å². The molecule has 0 amide bonds. The molecule has 7 aliphatic rings. The molecule has 0 aromatic heterocycles. The molecule has 43 heavy (non-hydrogen) atoms. The summed E-state index contributed by atoms with van der Waals surface area (Å²) in [6.07, 6.45) is 7.29. The van der Waals surface area contributed by atoms with Gasteiger partial charge in [0.05, 0.1) is 12.5 Å². The number of ether oxygens (including phenoxy) is 3. The maximum absolute atomic E-state index is 15.0. The first-order valence-corrected chi connectivity index (χ1v) is 16.3. The van der Waals surface area contributed by atoms with Crippen molar-refractivity contribution in [3.8, 4) is 22.6 Å². The maximum Gasteiger partial charge on any atom is 0.171 e. The zero-order chi connectivity index (χ0) is 29.2. The molecule has 4 saturated carbocycles. The molecular weight excluding hydrogens is 534 g/mol. The quantitative estimate of drug-likeness (QED) is 0.288. The summed E-state index contributed by atoms with van der Waals surface area (Å²) in [6, 6.07) is 23.4. The van der Waals surface area contributed by atoms with Gasteiger partial charge in [0.15, 0.2) is 17.3 Å². The van der Waals surface area contributed by atoms with Crippen LogP contribution in [0.15, 0.2) is 66.7 Å². The van der Waals surface area contributed by atoms with Crippen molar-refractivity contribution in [1.82, 2.24) is 4.90 Å². The van der Waals surface area contributed by atoms with Crippen LogP contribution in [0.2, 0.25) is 0 Å². The van der Waals surface area contributed by atoms with E-state index in [1.807, 2.05) is 25.3 Å². The zero-order valence-corrected chi connectivity index (χ0v) is 25.5. The number of ketones is 1. The SMILES string of the molecule is COc1ccc2c3c1O[C@H]1[C@@]4(OC)CC[C@@]5(C[C@@]4(C)C(=O)c4ccc(-c6ccccc6)cc4)[C@@H](C2)N(CC2CC2)CC[C@]315. The Hall–Kier alpha value is -3.15. The van der Waals surface area contributed by atoms with Crippen LogP contribution in [0.3, 0.4) is 0 Å². The summed E-state index contributed by atoms with van der Waals surface area (Å²) in [5, 5.41) is 0. The lowest BCUT2D eigenvalue weighted by Gasteiger charge is -2.76. The van der Waals surface area contributed by atoms with Crippen molar-refractivity contribution in [3.63, 3.8) is 0 Å². The lowest BCUT2D eigenvalue weighted by molar-refractivity contribution is -0.292. The fourth-order valence-corrected chi connectivity index (χ4v) is 11.0. The van der Waals surface area contributed by atoms with Gasteiger partial charge < -0.3 is 14.2 Å². The molecule has 3 aromatic rings. The second kappa shape index (κ2) is 8.73. The van der Waals surface area contributed by atoms with Crippen molar-refractivity contribution < 1.29 is 19.0 Å². The van der Waals surface area contributed by atoms with E-state index in [0.29, 0.717) is 6.04 Å². The average Bonchev–Trinajstić information content (AvgIpc) is 3.79. The highest BCUT2D eigenvalue weighted by atomic mass is 16.6. The first-order chi connectivity index (χ1) is 20.9. The summed E-state index contributed by atoms with van der Waals surface area (Å²) in [7, 11) is 3.57. The number of carbonyl (C=O) groups is 1. The summed E-state index contributed by atoms with van der Waals surface area (Å²) >= 11 is 0. The number of hydrogen-bond acceptors (Lipinski definition) is 5. The lowest BCUT2D eigenvalue weighted by atomic mass is 9.31. The number of carbonyl (C=O) groups excluding carboxylic acids is 1. The molecule has 5 nitrogen and oxygen atoms in total. The third kappa shape index (κ3) is 3.08. The molecule has 5 aliphatic carbocycles. The molecule has 0 unspecified atom stereocenters. The number of fused-ring (bicyclic) bond motifs is 2. The Morgan fingerprint density at radius 2 is 1.72 bits per heavy atom. The van der Waals surface area contributed by atoms with E-state index in [0.717, 1.165) is 72.8 Å². The molecule has 3 aromatic carbocycles. The van der Waals surface area contributed by atoms with Gasteiger partial charge in [-0.3, -0.25) is 9.69 Å². The van der Waals surface area contributed by atoms with Crippen molar-refractivity contribution in [3.05, 3.63) is 83.4 Å². The maximum atomic E-state index is 15.0. The molecule has 10 rings (SSSR count). The van der Waals surface area contributed by atoms with Crippen molar-refractivity contribution in [1.29, 1.82) is 0 Å². The van der Waals surface area contributed by atoms with Gasteiger partial charge in [-0.25, -0.2) is 0 Å². The molecule has 0 N–H and O–H groups in total. The number of likely N-dealkylation sites (tertiary alicyclic amines) is 1. The van der Waals surface area contributed by atoms with Crippen LogP contribution >= 0.6 is 0 Å². The minimum Gasteiger partial charge on any atom is -0.493 e. The van der Waals surface area contributed by atoms with Gasteiger partial charge in [0, 0.05) is 41.7 Å². The van der Waals surface area contributed by atoms with Gasteiger partial charge in [-0.1, -0.05) is 60.7 Å². The highest BCUT2D eigenvalue weighted by Crippen LogP contribution is 2.79. The first-order valence-electron chi connectivity index (χ1n) is 16.3. The van der Waals surface area contributed by atoms with E-state index in [1.54, 1.807) is 7.11 Å². The number of rotatable bonds is 7. The Balaban J connectivity index is 1.20. The van der Waals surface area contributed by atoms with Crippen LogP contribution in [-0.2, 0) is 16.6 Å². The molecule has 1 saturated heterocycles. The Morgan fingerprint density at radius 1 is 0.953 bits per heavy atom. The predicted molar refractivity (Wildman–Crippen MR) is 166 cm³/mol. The summed E-state index contributed by atoms with van der Waals surface area (Å²) in [4.78, 5) is 17.8. The third-order valence-corrected chi connectivity index (χ3v) is 13.0. The minimum absolute atomic E-state index is 0.0515. The van der Waals surface area contributed by atoms with Crippen LogP contribution in [0, 0.1) is 16.7 Å². The molecule has 2 aliphatic heterocycles. The number of methoxy groups -OCH3 is 2. The van der Waals surface area contributed by atoms with E-state index < -0.39 is 11.0 Å². The van der Waals surface area contributed by atoms with Crippen molar-refractivity contribution >= 4 is 5.78 Å². The molecular formula is C38H41NO4. The van der Waals surface area contributed by atoms with E-state index in [2.05, 4.69) is 60.4 Å². The summed E-state index contributed by atoms with van der Waals surface area (Å²) in [6.45, 7) is 4.48. The van der Waals surface area contributed by atoms with Crippen LogP contribution in [0.5, 0.6) is 11.5 Å². The average molecular weight is 576 g/mol. The molecule has 6 atom stereocenters. The first kappa shape index (κ1) is 26.3. The van der Waals surface area contributed by atoms with Crippen LogP contribution < -0.4 is 9.47 Å². The lowest BCUT2D eigenvalue weighted by Crippen LogP contribution is -2.84. The largest absolute Gasteiger partial charge is 0.493 e. The molecule has 0 radical (unpaired) electrons. The molecule has 5 fully saturated rings.